The minimum absolute atomic E-state index is 0.245. The van der Waals surface area contributed by atoms with Gasteiger partial charge in [0.15, 0.2) is 18.1 Å². The smallest absolute Gasteiger partial charge is 0.344 e. The molecule has 0 saturated heterocycles. The van der Waals surface area contributed by atoms with E-state index in [4.69, 9.17) is 23.7 Å². The number of aliphatic imine (C=N–C) groups is 1. The summed E-state index contributed by atoms with van der Waals surface area (Å²) >= 11 is 1.07. The molecule has 2 aliphatic rings. The number of carbonyl (C=O) groups excluding carboxylic acids is 4. The number of hydrogen-bond donors (Lipinski definition) is 0. The van der Waals surface area contributed by atoms with E-state index in [0.29, 0.717) is 5.90 Å². The number of rotatable bonds is 7. The fourth-order valence-corrected chi connectivity index (χ4v) is 4.42. The molecular formula is C18H23NO9S. The molecule has 160 valence electrons. The van der Waals surface area contributed by atoms with Crippen molar-refractivity contribution in [3.63, 3.8) is 0 Å². The van der Waals surface area contributed by atoms with Crippen molar-refractivity contribution in [3.05, 3.63) is 11.0 Å². The van der Waals surface area contributed by atoms with Crippen LogP contribution >= 0.6 is 11.8 Å². The molecule has 0 radical (unpaired) electrons. The second kappa shape index (κ2) is 9.77. The SMILES string of the molecule is COC(=O)C1=C[C@H]2OC(C)=N[C@H]2[C@H]([C@H](OC(C)=O)[C@@H](COC(C)=O)OC(C)=O)S1. The molecule has 2 rings (SSSR count). The molecule has 0 unspecified atom stereocenters. The van der Waals surface area contributed by atoms with E-state index in [0.717, 1.165) is 11.8 Å². The molecule has 0 fully saturated rings. The summed E-state index contributed by atoms with van der Waals surface area (Å²) in [5, 5.41) is -0.666. The van der Waals surface area contributed by atoms with Crippen LogP contribution in [-0.2, 0) is 42.9 Å². The maximum Gasteiger partial charge on any atom is 0.344 e. The lowest BCUT2D eigenvalue weighted by molar-refractivity contribution is -0.173. The highest BCUT2D eigenvalue weighted by atomic mass is 32.2. The van der Waals surface area contributed by atoms with Crippen molar-refractivity contribution >= 4 is 41.5 Å². The van der Waals surface area contributed by atoms with Gasteiger partial charge in [-0.2, -0.15) is 0 Å². The number of methoxy groups -OCH3 is 1. The number of hydrogen-bond acceptors (Lipinski definition) is 11. The Morgan fingerprint density at radius 2 is 1.79 bits per heavy atom. The third-order valence-electron chi connectivity index (χ3n) is 4.04. The first-order valence-corrected chi connectivity index (χ1v) is 9.66. The van der Waals surface area contributed by atoms with Crippen LogP contribution in [0.3, 0.4) is 0 Å². The maximum absolute atomic E-state index is 12.1. The Morgan fingerprint density at radius 3 is 2.34 bits per heavy atom. The zero-order chi connectivity index (χ0) is 21.7. The van der Waals surface area contributed by atoms with Gasteiger partial charge in [-0.1, -0.05) is 0 Å². The van der Waals surface area contributed by atoms with Crippen molar-refractivity contribution < 1.29 is 42.9 Å². The molecule has 11 heteroatoms. The standard InChI is InChI=1S/C18H23NO9S/c1-8-19-15-12(26-8)6-14(18(23)24-5)29-17(15)16(28-11(4)22)13(27-10(3)21)7-25-9(2)20/h6,12-13,15-17H,7H2,1-5H3/t12-,13-,15-,16-,17-/m1/s1. The molecule has 0 N–H and O–H groups in total. The molecule has 0 aromatic heterocycles. The van der Waals surface area contributed by atoms with E-state index in [2.05, 4.69) is 4.99 Å². The van der Waals surface area contributed by atoms with E-state index >= 15 is 0 Å². The van der Waals surface area contributed by atoms with Crippen LogP contribution in [0.25, 0.3) is 0 Å². The van der Waals surface area contributed by atoms with Crippen LogP contribution in [0.5, 0.6) is 0 Å². The number of nitrogens with zero attached hydrogens (tertiary/aromatic N) is 1. The van der Waals surface area contributed by atoms with E-state index in [9.17, 15) is 19.2 Å². The topological polar surface area (TPSA) is 127 Å². The Morgan fingerprint density at radius 1 is 1.14 bits per heavy atom. The van der Waals surface area contributed by atoms with E-state index in [1.165, 1.54) is 27.9 Å². The number of esters is 4. The zero-order valence-electron chi connectivity index (χ0n) is 16.7. The Bertz CT molecular complexity index is 748. The van der Waals surface area contributed by atoms with Crippen molar-refractivity contribution in [1.29, 1.82) is 0 Å². The molecule has 0 amide bonds. The predicted octanol–water partition coefficient (Wildman–Crippen LogP) is 0.771. The first kappa shape index (κ1) is 22.7. The van der Waals surface area contributed by atoms with Gasteiger partial charge in [-0.3, -0.25) is 14.4 Å². The molecule has 5 atom stereocenters. The molecule has 29 heavy (non-hydrogen) atoms. The molecule has 0 saturated carbocycles. The molecule has 2 aliphatic heterocycles. The first-order chi connectivity index (χ1) is 13.6. The lowest BCUT2D eigenvalue weighted by atomic mass is 9.99. The van der Waals surface area contributed by atoms with Gasteiger partial charge in [0.1, 0.15) is 18.8 Å². The van der Waals surface area contributed by atoms with Crippen molar-refractivity contribution in [1.82, 2.24) is 0 Å². The summed E-state index contributed by atoms with van der Waals surface area (Å²) in [5.74, 6) is -2.06. The van der Waals surface area contributed by atoms with E-state index < -0.39 is 53.5 Å². The molecule has 0 aromatic carbocycles. The number of thioether (sulfide) groups is 1. The minimum Gasteiger partial charge on any atom is -0.471 e. The van der Waals surface area contributed by atoms with Gasteiger partial charge in [0, 0.05) is 27.7 Å². The maximum atomic E-state index is 12.1. The van der Waals surface area contributed by atoms with Gasteiger partial charge >= 0.3 is 23.9 Å². The van der Waals surface area contributed by atoms with Crippen LogP contribution in [0.2, 0.25) is 0 Å². The van der Waals surface area contributed by atoms with Crippen LogP contribution in [0, 0.1) is 0 Å². The van der Waals surface area contributed by atoms with Gasteiger partial charge in [0.25, 0.3) is 0 Å². The molecule has 0 bridgehead atoms. The monoisotopic (exact) mass is 429 g/mol. The summed E-state index contributed by atoms with van der Waals surface area (Å²) < 4.78 is 26.2. The Kier molecular flexibility index (Phi) is 7.66. The highest BCUT2D eigenvalue weighted by Crippen LogP contribution is 2.41. The van der Waals surface area contributed by atoms with Crippen molar-refractivity contribution in [2.45, 2.75) is 57.3 Å². The Balaban J connectivity index is 2.42. The average Bonchev–Trinajstić information content (AvgIpc) is 3.01. The van der Waals surface area contributed by atoms with Gasteiger partial charge < -0.3 is 23.7 Å². The van der Waals surface area contributed by atoms with Gasteiger partial charge in [0.05, 0.1) is 17.3 Å². The minimum atomic E-state index is -1.11. The van der Waals surface area contributed by atoms with Crippen molar-refractivity contribution in [2.75, 3.05) is 13.7 Å². The third-order valence-corrected chi connectivity index (χ3v) is 5.41. The third kappa shape index (κ3) is 5.96. The second-order valence-electron chi connectivity index (χ2n) is 6.35. The van der Waals surface area contributed by atoms with Gasteiger partial charge in [-0.05, 0) is 6.08 Å². The van der Waals surface area contributed by atoms with Crippen LogP contribution in [-0.4, -0.2) is 73.1 Å². The summed E-state index contributed by atoms with van der Waals surface area (Å²) in [4.78, 5) is 51.5. The normalized spacial score (nSPS) is 24.7. The summed E-state index contributed by atoms with van der Waals surface area (Å²) in [6.07, 6.45) is -1.17. The van der Waals surface area contributed by atoms with E-state index in [1.54, 1.807) is 13.0 Å². The Hall–Kier alpha value is -2.56. The van der Waals surface area contributed by atoms with Crippen LogP contribution in [0.1, 0.15) is 27.7 Å². The predicted molar refractivity (Wildman–Crippen MR) is 101 cm³/mol. The van der Waals surface area contributed by atoms with Crippen LogP contribution in [0.4, 0.5) is 0 Å². The quantitative estimate of drug-likeness (QED) is 0.423. The summed E-state index contributed by atoms with van der Waals surface area (Å²) in [6, 6.07) is -0.520. The van der Waals surface area contributed by atoms with Gasteiger partial charge in [-0.25, -0.2) is 9.79 Å². The van der Waals surface area contributed by atoms with Crippen LogP contribution in [0.15, 0.2) is 16.0 Å². The number of fused-ring (bicyclic) bond motifs is 1. The molecule has 0 aliphatic carbocycles. The summed E-state index contributed by atoms with van der Waals surface area (Å²) in [5.41, 5.74) is 0. The lowest BCUT2D eigenvalue weighted by Crippen LogP contribution is -2.51. The van der Waals surface area contributed by atoms with Crippen molar-refractivity contribution in [2.24, 2.45) is 4.99 Å². The van der Waals surface area contributed by atoms with Gasteiger partial charge in [-0.15, -0.1) is 11.8 Å². The fraction of sp³-hybridized carbons (Fsp3) is 0.611. The molecule has 10 nitrogen and oxygen atoms in total. The molecule has 2 heterocycles. The van der Waals surface area contributed by atoms with Crippen molar-refractivity contribution in [3.8, 4) is 0 Å². The summed E-state index contributed by atoms with van der Waals surface area (Å²) in [6.45, 7) is 4.92. The summed E-state index contributed by atoms with van der Waals surface area (Å²) in [7, 11) is 1.24. The Labute approximate surface area is 171 Å². The number of ether oxygens (including phenoxy) is 5. The first-order valence-electron chi connectivity index (χ1n) is 8.78. The zero-order valence-corrected chi connectivity index (χ0v) is 17.5. The van der Waals surface area contributed by atoms with Gasteiger partial charge in [0.2, 0.25) is 0 Å². The second-order valence-corrected chi connectivity index (χ2v) is 7.57. The largest absolute Gasteiger partial charge is 0.471 e. The highest BCUT2D eigenvalue weighted by molar-refractivity contribution is 8.04. The number of carbonyl (C=O) groups is 4. The molecule has 0 aromatic rings. The molecule has 0 spiro atoms. The van der Waals surface area contributed by atoms with E-state index in [1.807, 2.05) is 0 Å². The highest BCUT2D eigenvalue weighted by Gasteiger charge is 2.49. The van der Waals surface area contributed by atoms with Crippen LogP contribution < -0.4 is 0 Å². The fourth-order valence-electron chi connectivity index (χ4n) is 3.01. The lowest BCUT2D eigenvalue weighted by Gasteiger charge is -2.37. The average molecular weight is 429 g/mol. The van der Waals surface area contributed by atoms with E-state index in [-0.39, 0.29) is 11.5 Å². The molecular weight excluding hydrogens is 406 g/mol.